The minimum Gasteiger partial charge on any atom is -0.378 e. The van der Waals surface area contributed by atoms with Gasteiger partial charge in [-0.05, 0) is 57.8 Å². The molecule has 0 saturated heterocycles. The number of hydrogen-bond donors (Lipinski definition) is 0. The van der Waals surface area contributed by atoms with Crippen molar-refractivity contribution in [2.45, 2.75) is 78.6 Å². The fourth-order valence-corrected chi connectivity index (χ4v) is 3.36. The van der Waals surface area contributed by atoms with E-state index in [-0.39, 0.29) is 0 Å². The van der Waals surface area contributed by atoms with Crippen LogP contribution in [0.3, 0.4) is 0 Å². The predicted molar refractivity (Wildman–Crippen MR) is 96.8 cm³/mol. The Labute approximate surface area is 138 Å². The largest absolute Gasteiger partial charge is 0.378 e. The first-order valence-electron chi connectivity index (χ1n) is 9.43. The summed E-state index contributed by atoms with van der Waals surface area (Å²) in [6.45, 7) is 7.91. The third-order valence-electron chi connectivity index (χ3n) is 4.77. The normalized spacial score (nSPS) is 25.4. The lowest BCUT2D eigenvalue weighted by molar-refractivity contribution is 0.177. The topological polar surface area (TPSA) is 9.23 Å². The fourth-order valence-electron chi connectivity index (χ4n) is 3.36. The third kappa shape index (κ3) is 9.31. The van der Waals surface area contributed by atoms with Crippen LogP contribution in [0.25, 0.3) is 0 Å². The first-order valence-corrected chi connectivity index (χ1v) is 9.43. The quantitative estimate of drug-likeness (QED) is 0.352. The lowest BCUT2D eigenvalue weighted by Gasteiger charge is -2.18. The Kier molecular flexibility index (Phi) is 11.2. The van der Waals surface area contributed by atoms with E-state index in [9.17, 15) is 0 Å². The maximum Gasteiger partial charge on any atom is 0.0647 e. The van der Waals surface area contributed by atoms with Gasteiger partial charge < -0.3 is 4.74 Å². The molecule has 126 valence electrons. The summed E-state index contributed by atoms with van der Waals surface area (Å²) in [7, 11) is 0. The molecule has 2 atom stereocenters. The Morgan fingerprint density at radius 3 is 2.45 bits per heavy atom. The van der Waals surface area contributed by atoms with Crippen LogP contribution in [0.15, 0.2) is 12.2 Å². The predicted octanol–water partition coefficient (Wildman–Crippen LogP) is 6.00. The van der Waals surface area contributed by atoms with E-state index in [4.69, 9.17) is 4.74 Å². The summed E-state index contributed by atoms with van der Waals surface area (Å²) in [4.78, 5) is 0. The molecule has 2 aliphatic carbocycles. The summed E-state index contributed by atoms with van der Waals surface area (Å²) < 4.78 is 4.99. The summed E-state index contributed by atoms with van der Waals surface area (Å²) in [5, 5.41) is 0. The van der Waals surface area contributed by atoms with Crippen LogP contribution < -0.4 is 0 Å². The Hall–Kier alpha value is -0.740. The molecule has 1 heteroatoms. The van der Waals surface area contributed by atoms with E-state index in [0.717, 1.165) is 31.0 Å². The lowest BCUT2D eigenvalue weighted by atomic mass is 9.87. The highest BCUT2D eigenvalue weighted by atomic mass is 16.5. The van der Waals surface area contributed by atoms with Crippen molar-refractivity contribution in [2.75, 3.05) is 13.2 Å². The van der Waals surface area contributed by atoms with Crippen molar-refractivity contribution in [3.05, 3.63) is 12.2 Å². The van der Waals surface area contributed by atoms with Gasteiger partial charge in [0.2, 0.25) is 0 Å². The second kappa shape index (κ2) is 12.8. The van der Waals surface area contributed by atoms with Crippen LogP contribution in [-0.2, 0) is 4.74 Å². The SMILES string of the molecule is C/C=C\COCC.CC1CCC(C#CCC2CCCCC2)C1. The summed E-state index contributed by atoms with van der Waals surface area (Å²) in [6, 6.07) is 0. The van der Waals surface area contributed by atoms with Crippen molar-refractivity contribution in [3.63, 3.8) is 0 Å². The number of hydrogen-bond acceptors (Lipinski definition) is 1. The first-order chi connectivity index (χ1) is 10.8. The summed E-state index contributed by atoms with van der Waals surface area (Å²) in [6.07, 6.45) is 16.5. The van der Waals surface area contributed by atoms with E-state index in [2.05, 4.69) is 18.8 Å². The van der Waals surface area contributed by atoms with Crippen molar-refractivity contribution in [1.82, 2.24) is 0 Å². The van der Waals surface area contributed by atoms with E-state index < -0.39 is 0 Å². The molecule has 0 N–H and O–H groups in total. The third-order valence-corrected chi connectivity index (χ3v) is 4.77. The van der Waals surface area contributed by atoms with Gasteiger partial charge in [0.15, 0.2) is 0 Å². The van der Waals surface area contributed by atoms with E-state index in [1.807, 2.05) is 26.0 Å². The summed E-state index contributed by atoms with van der Waals surface area (Å²) >= 11 is 0. The molecule has 2 aliphatic rings. The molecule has 0 radical (unpaired) electrons. The molecular weight excluding hydrogens is 268 g/mol. The van der Waals surface area contributed by atoms with E-state index in [1.165, 1.54) is 57.8 Å². The van der Waals surface area contributed by atoms with Gasteiger partial charge in [0.25, 0.3) is 0 Å². The van der Waals surface area contributed by atoms with Crippen LogP contribution in [0.4, 0.5) is 0 Å². The molecule has 0 aliphatic heterocycles. The van der Waals surface area contributed by atoms with Crippen molar-refractivity contribution in [1.29, 1.82) is 0 Å². The minimum atomic E-state index is 0.739. The van der Waals surface area contributed by atoms with Crippen molar-refractivity contribution in [3.8, 4) is 11.8 Å². The maximum atomic E-state index is 4.99. The van der Waals surface area contributed by atoms with Gasteiger partial charge in [0.05, 0.1) is 6.61 Å². The average molecular weight is 305 g/mol. The lowest BCUT2D eigenvalue weighted by Crippen LogP contribution is -2.04. The molecule has 0 aromatic carbocycles. The van der Waals surface area contributed by atoms with Gasteiger partial charge in [-0.3, -0.25) is 0 Å². The zero-order chi connectivity index (χ0) is 16.0. The molecule has 0 spiro atoms. The maximum absolute atomic E-state index is 4.99. The van der Waals surface area contributed by atoms with Crippen LogP contribution in [0.2, 0.25) is 0 Å². The van der Waals surface area contributed by atoms with Gasteiger partial charge in [-0.1, -0.05) is 44.3 Å². The van der Waals surface area contributed by atoms with Crippen molar-refractivity contribution >= 4 is 0 Å². The monoisotopic (exact) mass is 304 g/mol. The highest BCUT2D eigenvalue weighted by molar-refractivity contribution is 5.06. The van der Waals surface area contributed by atoms with Crippen LogP contribution in [0, 0.1) is 29.6 Å². The van der Waals surface area contributed by atoms with Gasteiger partial charge in [0, 0.05) is 18.9 Å². The van der Waals surface area contributed by atoms with Crippen LogP contribution >= 0.6 is 0 Å². The molecular formula is C21H36O. The number of ether oxygens (including phenoxy) is 1. The standard InChI is InChI=1S/C15H24.C6H12O/c1-13-10-11-15(12-13)9-5-8-14-6-3-2-4-7-14;1-3-5-6-7-4-2/h13-15H,2-4,6-8,10-12H2,1H3;3,5H,4,6H2,1-2H3/b;5-3-. The van der Waals surface area contributed by atoms with Crippen molar-refractivity contribution in [2.24, 2.45) is 17.8 Å². The molecule has 0 bridgehead atoms. The van der Waals surface area contributed by atoms with E-state index in [0.29, 0.717) is 0 Å². The molecule has 1 nitrogen and oxygen atoms in total. The Morgan fingerprint density at radius 1 is 1.09 bits per heavy atom. The second-order valence-electron chi connectivity index (χ2n) is 6.87. The Balaban J connectivity index is 0.000000295. The van der Waals surface area contributed by atoms with Gasteiger partial charge in [-0.15, -0.1) is 5.92 Å². The van der Waals surface area contributed by atoms with Crippen LogP contribution in [0.1, 0.15) is 78.6 Å². The van der Waals surface area contributed by atoms with Crippen LogP contribution in [-0.4, -0.2) is 13.2 Å². The molecule has 0 aromatic heterocycles. The second-order valence-corrected chi connectivity index (χ2v) is 6.87. The number of allylic oxidation sites excluding steroid dienone is 1. The van der Waals surface area contributed by atoms with Gasteiger partial charge in [0.1, 0.15) is 0 Å². The summed E-state index contributed by atoms with van der Waals surface area (Å²) in [5.41, 5.74) is 0. The van der Waals surface area contributed by atoms with E-state index in [1.54, 1.807) is 0 Å². The molecule has 2 saturated carbocycles. The van der Waals surface area contributed by atoms with E-state index >= 15 is 0 Å². The molecule has 0 aromatic rings. The highest BCUT2D eigenvalue weighted by Crippen LogP contribution is 2.30. The highest BCUT2D eigenvalue weighted by Gasteiger charge is 2.19. The zero-order valence-corrected chi connectivity index (χ0v) is 15.1. The van der Waals surface area contributed by atoms with Gasteiger partial charge in [-0.25, -0.2) is 0 Å². The smallest absolute Gasteiger partial charge is 0.0647 e. The molecule has 2 unspecified atom stereocenters. The molecule has 2 fully saturated rings. The van der Waals surface area contributed by atoms with Gasteiger partial charge >= 0.3 is 0 Å². The zero-order valence-electron chi connectivity index (χ0n) is 15.1. The average Bonchev–Trinajstić information content (AvgIpc) is 2.95. The first kappa shape index (κ1) is 19.3. The Bertz CT molecular complexity index is 341. The molecule has 0 amide bonds. The minimum absolute atomic E-state index is 0.739. The molecule has 2 rings (SSSR count). The number of rotatable bonds is 4. The fraction of sp³-hybridized carbons (Fsp3) is 0.810. The summed E-state index contributed by atoms with van der Waals surface area (Å²) in [5.74, 6) is 9.58. The van der Waals surface area contributed by atoms with Gasteiger partial charge in [-0.2, -0.15) is 0 Å². The van der Waals surface area contributed by atoms with Crippen molar-refractivity contribution < 1.29 is 4.74 Å². The Morgan fingerprint density at radius 2 is 1.86 bits per heavy atom. The molecule has 22 heavy (non-hydrogen) atoms. The van der Waals surface area contributed by atoms with Crippen LogP contribution in [0.5, 0.6) is 0 Å². The molecule has 0 heterocycles.